The first kappa shape index (κ1) is 14.5. The molecule has 0 atom stereocenters. The van der Waals surface area contributed by atoms with Gasteiger partial charge in [-0.25, -0.2) is 0 Å². The number of aromatic nitrogens is 1. The molecule has 2 rings (SSSR count). The van der Waals surface area contributed by atoms with E-state index in [9.17, 15) is 9.59 Å². The van der Waals surface area contributed by atoms with Crippen molar-refractivity contribution in [2.24, 2.45) is 0 Å². The first-order valence-electron chi connectivity index (χ1n) is 6.34. The van der Waals surface area contributed by atoms with Gasteiger partial charge in [-0.1, -0.05) is 12.1 Å². The van der Waals surface area contributed by atoms with Crippen LogP contribution in [0.4, 0.5) is 0 Å². The average Bonchev–Trinajstić information content (AvgIpc) is 2.51. The standard InChI is InChI=1S/C15H15N3O3/c1-11-3-2-4-13(9-11)21-10-14(19)17-18-15(20)12-5-7-16-8-6-12/h2-9H,10H2,1H3,(H,17,19)(H,18,20). The second kappa shape index (κ2) is 7.04. The molecule has 0 unspecified atom stereocenters. The minimum Gasteiger partial charge on any atom is -0.484 e. The quantitative estimate of drug-likeness (QED) is 0.828. The third kappa shape index (κ3) is 4.61. The van der Waals surface area contributed by atoms with Crippen molar-refractivity contribution >= 4 is 11.8 Å². The molecular weight excluding hydrogens is 270 g/mol. The molecule has 0 radical (unpaired) electrons. The smallest absolute Gasteiger partial charge is 0.276 e. The predicted octanol–water partition coefficient (Wildman–Crippen LogP) is 1.23. The van der Waals surface area contributed by atoms with Crippen molar-refractivity contribution in [3.05, 3.63) is 59.9 Å². The van der Waals surface area contributed by atoms with Crippen LogP contribution in [-0.2, 0) is 4.79 Å². The molecule has 0 saturated heterocycles. The number of nitrogens with one attached hydrogen (secondary N) is 2. The largest absolute Gasteiger partial charge is 0.484 e. The molecule has 0 aliphatic rings. The lowest BCUT2D eigenvalue weighted by atomic mass is 10.2. The molecule has 0 saturated carbocycles. The number of hydrogen-bond acceptors (Lipinski definition) is 4. The number of benzene rings is 1. The fourth-order valence-corrected chi connectivity index (χ4v) is 1.59. The van der Waals surface area contributed by atoms with Crippen LogP contribution in [0.1, 0.15) is 15.9 Å². The van der Waals surface area contributed by atoms with E-state index in [1.54, 1.807) is 18.2 Å². The topological polar surface area (TPSA) is 80.3 Å². The van der Waals surface area contributed by atoms with Gasteiger partial charge < -0.3 is 4.74 Å². The van der Waals surface area contributed by atoms with E-state index in [1.165, 1.54) is 12.4 Å². The number of carbonyl (C=O) groups excluding carboxylic acids is 2. The minimum atomic E-state index is -0.445. The zero-order chi connectivity index (χ0) is 15.1. The minimum absolute atomic E-state index is 0.180. The normalized spacial score (nSPS) is 9.76. The van der Waals surface area contributed by atoms with Gasteiger partial charge in [0.1, 0.15) is 5.75 Å². The number of aryl methyl sites for hydroxylation is 1. The molecular formula is C15H15N3O3. The van der Waals surface area contributed by atoms with E-state index in [2.05, 4.69) is 15.8 Å². The molecule has 1 heterocycles. The van der Waals surface area contributed by atoms with Crippen molar-refractivity contribution in [1.82, 2.24) is 15.8 Å². The molecule has 108 valence electrons. The van der Waals surface area contributed by atoms with Crippen molar-refractivity contribution in [2.45, 2.75) is 6.92 Å². The Morgan fingerprint density at radius 1 is 1.14 bits per heavy atom. The first-order chi connectivity index (χ1) is 10.1. The van der Waals surface area contributed by atoms with Crippen molar-refractivity contribution in [2.75, 3.05) is 6.61 Å². The maximum absolute atomic E-state index is 11.7. The van der Waals surface area contributed by atoms with E-state index in [0.29, 0.717) is 11.3 Å². The number of amides is 2. The van der Waals surface area contributed by atoms with E-state index in [4.69, 9.17) is 4.74 Å². The Morgan fingerprint density at radius 2 is 1.90 bits per heavy atom. The average molecular weight is 285 g/mol. The van der Waals surface area contributed by atoms with Crippen LogP contribution in [0.15, 0.2) is 48.8 Å². The van der Waals surface area contributed by atoms with Crippen LogP contribution < -0.4 is 15.6 Å². The van der Waals surface area contributed by atoms with Crippen LogP contribution in [0.25, 0.3) is 0 Å². The third-order valence-corrected chi connectivity index (χ3v) is 2.62. The molecule has 21 heavy (non-hydrogen) atoms. The van der Waals surface area contributed by atoms with E-state index in [0.717, 1.165) is 5.56 Å². The summed E-state index contributed by atoms with van der Waals surface area (Å²) in [7, 11) is 0. The molecule has 6 heteroatoms. The van der Waals surface area contributed by atoms with Gasteiger partial charge in [-0.2, -0.15) is 0 Å². The molecule has 1 aromatic carbocycles. The number of hydrogen-bond donors (Lipinski definition) is 2. The molecule has 0 bridgehead atoms. The van der Waals surface area contributed by atoms with Crippen LogP contribution >= 0.6 is 0 Å². The lowest BCUT2D eigenvalue weighted by molar-refractivity contribution is -0.123. The molecule has 0 fully saturated rings. The summed E-state index contributed by atoms with van der Waals surface area (Å²) in [5.41, 5.74) is 6.03. The molecule has 2 N–H and O–H groups in total. The summed E-state index contributed by atoms with van der Waals surface area (Å²) in [5.74, 6) is -0.258. The van der Waals surface area contributed by atoms with Gasteiger partial charge in [-0.15, -0.1) is 0 Å². The summed E-state index contributed by atoms with van der Waals surface area (Å²) in [6.07, 6.45) is 3.00. The number of ether oxygens (including phenoxy) is 1. The maximum atomic E-state index is 11.7. The fourth-order valence-electron chi connectivity index (χ4n) is 1.59. The molecule has 2 aromatic rings. The van der Waals surface area contributed by atoms with E-state index in [-0.39, 0.29) is 6.61 Å². The molecule has 0 spiro atoms. The first-order valence-corrected chi connectivity index (χ1v) is 6.34. The van der Waals surface area contributed by atoms with Gasteiger partial charge in [-0.05, 0) is 36.8 Å². The number of rotatable bonds is 4. The highest BCUT2D eigenvalue weighted by Crippen LogP contribution is 2.11. The van der Waals surface area contributed by atoms with Crippen molar-refractivity contribution in [1.29, 1.82) is 0 Å². The van der Waals surface area contributed by atoms with Gasteiger partial charge in [0, 0.05) is 18.0 Å². The van der Waals surface area contributed by atoms with Gasteiger partial charge in [0.2, 0.25) is 0 Å². The Kier molecular flexibility index (Phi) is 4.87. The van der Waals surface area contributed by atoms with Crippen LogP contribution in [-0.4, -0.2) is 23.4 Å². The zero-order valence-electron chi connectivity index (χ0n) is 11.5. The molecule has 0 aliphatic carbocycles. The second-order valence-electron chi connectivity index (χ2n) is 4.34. The number of carbonyl (C=O) groups is 2. The Bertz CT molecular complexity index is 629. The lowest BCUT2D eigenvalue weighted by Crippen LogP contribution is -2.43. The summed E-state index contributed by atoms with van der Waals surface area (Å²) in [5, 5.41) is 0. The van der Waals surface area contributed by atoms with Crippen molar-refractivity contribution in [3.8, 4) is 5.75 Å². The van der Waals surface area contributed by atoms with Crippen LogP contribution in [0.5, 0.6) is 5.75 Å². The van der Waals surface area contributed by atoms with Crippen molar-refractivity contribution in [3.63, 3.8) is 0 Å². The Labute approximate surface area is 122 Å². The highest BCUT2D eigenvalue weighted by Gasteiger charge is 2.07. The van der Waals surface area contributed by atoms with E-state index >= 15 is 0 Å². The zero-order valence-corrected chi connectivity index (χ0v) is 11.5. The highest BCUT2D eigenvalue weighted by atomic mass is 16.5. The molecule has 0 aliphatic heterocycles. The molecule has 2 amide bonds. The van der Waals surface area contributed by atoms with Gasteiger partial charge in [-0.3, -0.25) is 25.4 Å². The number of pyridine rings is 1. The fraction of sp³-hybridized carbons (Fsp3) is 0.133. The Morgan fingerprint density at radius 3 is 2.62 bits per heavy atom. The highest BCUT2D eigenvalue weighted by molar-refractivity contribution is 5.95. The molecule has 1 aromatic heterocycles. The summed E-state index contributed by atoms with van der Waals surface area (Å²) < 4.78 is 5.31. The monoisotopic (exact) mass is 285 g/mol. The second-order valence-corrected chi connectivity index (χ2v) is 4.34. The summed E-state index contributed by atoms with van der Waals surface area (Å²) in [4.78, 5) is 27.1. The maximum Gasteiger partial charge on any atom is 0.276 e. The van der Waals surface area contributed by atoms with Crippen LogP contribution in [0.2, 0.25) is 0 Å². The lowest BCUT2D eigenvalue weighted by Gasteiger charge is -2.09. The van der Waals surface area contributed by atoms with Crippen LogP contribution in [0.3, 0.4) is 0 Å². The van der Waals surface area contributed by atoms with Crippen molar-refractivity contribution < 1.29 is 14.3 Å². The SMILES string of the molecule is Cc1cccc(OCC(=O)NNC(=O)c2ccncc2)c1. The van der Waals surface area contributed by atoms with Gasteiger partial charge >= 0.3 is 0 Å². The summed E-state index contributed by atoms with van der Waals surface area (Å²) >= 11 is 0. The van der Waals surface area contributed by atoms with Crippen LogP contribution in [0, 0.1) is 6.92 Å². The Hall–Kier alpha value is -2.89. The van der Waals surface area contributed by atoms with Gasteiger partial charge in [0.05, 0.1) is 0 Å². The van der Waals surface area contributed by atoms with Gasteiger partial charge in [0.25, 0.3) is 11.8 Å². The predicted molar refractivity (Wildman–Crippen MR) is 76.5 cm³/mol. The number of nitrogens with zero attached hydrogens (tertiary/aromatic N) is 1. The van der Waals surface area contributed by atoms with Gasteiger partial charge in [0.15, 0.2) is 6.61 Å². The molecule has 6 nitrogen and oxygen atoms in total. The number of hydrazine groups is 1. The summed E-state index contributed by atoms with van der Waals surface area (Å²) in [6.45, 7) is 1.75. The summed E-state index contributed by atoms with van der Waals surface area (Å²) in [6, 6.07) is 10.4. The Balaban J connectivity index is 1.76. The third-order valence-electron chi connectivity index (χ3n) is 2.62. The van der Waals surface area contributed by atoms with E-state index < -0.39 is 11.8 Å². The van der Waals surface area contributed by atoms with E-state index in [1.807, 2.05) is 25.1 Å².